The minimum atomic E-state index is 0. The molecule has 0 saturated carbocycles. The van der Waals surface area contributed by atoms with Crippen LogP contribution in [0.3, 0.4) is 0 Å². The molecule has 2 heteroatoms. The molecule has 70 valence electrons. The zero-order valence-electron chi connectivity index (χ0n) is 8.38. The molecule has 0 heterocycles. The van der Waals surface area contributed by atoms with Gasteiger partial charge in [-0.05, 0) is 6.92 Å². The fourth-order valence-electron chi connectivity index (χ4n) is 0.488. The molecule has 0 aromatic carbocycles. The van der Waals surface area contributed by atoms with Crippen molar-refractivity contribution in [3.63, 3.8) is 0 Å². The number of rotatable bonds is 3. The molecule has 0 aromatic rings. The third kappa shape index (κ3) is 11.8. The fourth-order valence-corrected chi connectivity index (χ4v) is 0.488. The molecule has 1 nitrogen and oxygen atoms in total. The molecule has 0 aromatic heterocycles. The van der Waals surface area contributed by atoms with Crippen LogP contribution in [0.1, 0.15) is 13.8 Å². The van der Waals surface area contributed by atoms with Crippen LogP contribution in [0, 0.1) is 38.0 Å². The second-order valence-corrected chi connectivity index (χ2v) is 2.42. The van der Waals surface area contributed by atoms with E-state index in [9.17, 15) is 0 Å². The smallest absolute Gasteiger partial charge is 0.693 e. The Balaban J connectivity index is -0.000000500. The van der Waals surface area contributed by atoms with Crippen LogP contribution in [-0.4, -0.2) is 0 Å². The van der Waals surface area contributed by atoms with E-state index in [-0.39, 0.29) is 37.3 Å². The summed E-state index contributed by atoms with van der Waals surface area (Å²) in [6, 6.07) is 0. The number of hydrogen-bond donors (Lipinski definition) is 0. The summed E-state index contributed by atoms with van der Waals surface area (Å²) in [5, 5.41) is 0. The van der Waals surface area contributed by atoms with Gasteiger partial charge in [-0.15, -0.1) is 13.0 Å². The monoisotopic (exact) mass is 401 g/mol. The van der Waals surface area contributed by atoms with Gasteiger partial charge in [0.15, 0.2) is 0 Å². The molecular formula is C11H17NU. The average Bonchev–Trinajstić information content (AvgIpc) is 2.04. The molecule has 0 aliphatic heterocycles. The van der Waals surface area contributed by atoms with Crippen molar-refractivity contribution in [1.82, 2.24) is 0 Å². The quantitative estimate of drug-likeness (QED) is 0.503. The van der Waals surface area contributed by atoms with E-state index in [1.807, 2.05) is 44.2 Å². The Morgan fingerprint density at radius 1 is 1.23 bits per heavy atom. The summed E-state index contributed by atoms with van der Waals surface area (Å²) in [6.45, 7) is 11.3. The van der Waals surface area contributed by atoms with Crippen molar-refractivity contribution in [2.45, 2.75) is 13.8 Å². The van der Waals surface area contributed by atoms with Crippen LogP contribution in [-0.2, 0) is 0 Å². The molecule has 0 radical (unpaired) electrons. The molecule has 0 aliphatic rings. The van der Waals surface area contributed by atoms with E-state index in [1.54, 1.807) is 0 Å². The summed E-state index contributed by atoms with van der Waals surface area (Å²) in [6.07, 6.45) is 9.68. The Bertz CT molecular complexity index is 212. The Hall–Kier alpha value is -0.158. The summed E-state index contributed by atoms with van der Waals surface area (Å²) in [4.78, 5) is 0. The molecular weight excluding hydrogens is 384 g/mol. The number of hydrogen-bond acceptors (Lipinski definition) is 0. The molecule has 2 N–H and O–H groups in total. The largest absolute Gasteiger partial charge is 2.00 e. The van der Waals surface area contributed by atoms with E-state index >= 15 is 0 Å². The first-order valence-electron chi connectivity index (χ1n) is 3.64. The predicted octanol–water partition coefficient (Wildman–Crippen LogP) is 4.17. The van der Waals surface area contributed by atoms with E-state index in [4.69, 9.17) is 0 Å². The van der Waals surface area contributed by atoms with E-state index in [2.05, 4.69) is 13.5 Å². The summed E-state index contributed by atoms with van der Waals surface area (Å²) in [7, 11) is 0. The maximum atomic E-state index is 3.65. The first kappa shape index (κ1) is 18.6. The van der Waals surface area contributed by atoms with E-state index in [0.29, 0.717) is 0 Å². The average molecular weight is 401 g/mol. The molecule has 0 spiro atoms. The van der Waals surface area contributed by atoms with Gasteiger partial charge in [0.1, 0.15) is 0 Å². The topological polar surface area (TPSA) is 33.5 Å². The zero-order chi connectivity index (χ0) is 8.69. The van der Waals surface area contributed by atoms with Crippen LogP contribution < -0.4 is 0 Å². The molecule has 0 atom stereocenters. The van der Waals surface area contributed by atoms with Gasteiger partial charge in [0.05, 0.1) is 0 Å². The molecule has 0 amide bonds. The zero-order valence-corrected chi connectivity index (χ0v) is 12.5. The molecule has 0 fully saturated rings. The first-order chi connectivity index (χ1) is 5.20. The van der Waals surface area contributed by atoms with Crippen molar-refractivity contribution in [2.75, 3.05) is 0 Å². The third-order valence-electron chi connectivity index (χ3n) is 1.36. The Labute approximate surface area is 106 Å². The fraction of sp³-hybridized carbons (Fsp3) is 0.182. The SMILES string of the molecule is C=C/C(C)=C/C=C/C(C)=C/[CH2-].[NH2-].[U+2]. The van der Waals surface area contributed by atoms with Gasteiger partial charge in [-0.1, -0.05) is 30.4 Å². The number of allylic oxidation sites excluding steroid dienone is 7. The van der Waals surface area contributed by atoms with Gasteiger partial charge in [0.2, 0.25) is 0 Å². The molecule has 0 aliphatic carbocycles. The molecule has 13 heavy (non-hydrogen) atoms. The Morgan fingerprint density at radius 2 is 1.77 bits per heavy atom. The summed E-state index contributed by atoms with van der Waals surface area (Å²) >= 11 is 0. The molecule has 0 rings (SSSR count). The van der Waals surface area contributed by atoms with Gasteiger partial charge in [-0.25, -0.2) is 13.0 Å². The van der Waals surface area contributed by atoms with Gasteiger partial charge in [0.25, 0.3) is 0 Å². The number of nitrogens with two attached hydrogens (primary N) is 1. The van der Waals surface area contributed by atoms with E-state index < -0.39 is 0 Å². The van der Waals surface area contributed by atoms with Crippen molar-refractivity contribution >= 4 is 0 Å². The Morgan fingerprint density at radius 3 is 2.15 bits per heavy atom. The van der Waals surface area contributed by atoms with Crippen LogP contribution in [0.15, 0.2) is 48.1 Å². The van der Waals surface area contributed by atoms with Crippen molar-refractivity contribution < 1.29 is 31.1 Å². The predicted molar refractivity (Wildman–Crippen MR) is 57.5 cm³/mol. The first-order valence-corrected chi connectivity index (χ1v) is 3.64. The normalized spacial score (nSPS) is 11.8. The van der Waals surface area contributed by atoms with Gasteiger partial charge < -0.3 is 6.15 Å². The second kappa shape index (κ2) is 11.8. The Kier molecular flexibility index (Phi) is 16.9. The van der Waals surface area contributed by atoms with Crippen LogP contribution in [0.25, 0.3) is 6.15 Å². The summed E-state index contributed by atoms with van der Waals surface area (Å²) in [5.41, 5.74) is 2.33. The third-order valence-corrected chi connectivity index (χ3v) is 1.36. The van der Waals surface area contributed by atoms with Crippen LogP contribution in [0.4, 0.5) is 0 Å². The minimum absolute atomic E-state index is 0. The summed E-state index contributed by atoms with van der Waals surface area (Å²) < 4.78 is 0. The van der Waals surface area contributed by atoms with Gasteiger partial charge >= 0.3 is 31.1 Å². The second-order valence-electron chi connectivity index (χ2n) is 2.42. The van der Waals surface area contributed by atoms with Crippen molar-refractivity contribution in [3.05, 3.63) is 61.2 Å². The maximum absolute atomic E-state index is 3.65. The van der Waals surface area contributed by atoms with E-state index in [0.717, 1.165) is 11.1 Å². The standard InChI is InChI=1S/C11H15.H2N.U/c1-5-10(3)8-7-9-11(4)6-2;;/h5-9H,1-2H2,3-4H3;1H2;/q2*-1;+2/b8-7+,10-5+,11-9+;;. The molecule has 0 saturated heterocycles. The maximum Gasteiger partial charge on any atom is 2.00 e. The van der Waals surface area contributed by atoms with Gasteiger partial charge in [0, 0.05) is 0 Å². The van der Waals surface area contributed by atoms with Crippen LogP contribution in [0.5, 0.6) is 0 Å². The van der Waals surface area contributed by atoms with Crippen molar-refractivity contribution in [1.29, 1.82) is 0 Å². The van der Waals surface area contributed by atoms with Crippen molar-refractivity contribution in [2.24, 2.45) is 0 Å². The van der Waals surface area contributed by atoms with Gasteiger partial charge in [-0.2, -0.15) is 5.57 Å². The summed E-state index contributed by atoms with van der Waals surface area (Å²) in [5.74, 6) is 0. The van der Waals surface area contributed by atoms with E-state index in [1.165, 1.54) is 0 Å². The molecule has 0 bridgehead atoms. The molecule has 0 unspecified atom stereocenters. The van der Waals surface area contributed by atoms with Crippen molar-refractivity contribution in [3.8, 4) is 0 Å². The van der Waals surface area contributed by atoms with Crippen LogP contribution >= 0.6 is 0 Å². The van der Waals surface area contributed by atoms with Crippen LogP contribution in [0.2, 0.25) is 0 Å². The van der Waals surface area contributed by atoms with Gasteiger partial charge in [-0.3, -0.25) is 0 Å². The minimum Gasteiger partial charge on any atom is -0.693 e.